The van der Waals surface area contributed by atoms with Crippen molar-refractivity contribution in [3.05, 3.63) is 30.0 Å². The lowest BCUT2D eigenvalue weighted by Gasteiger charge is -1.98. The zero-order chi connectivity index (χ0) is 8.81. The molecule has 64 valence electrons. The van der Waals surface area contributed by atoms with Gasteiger partial charge in [0.1, 0.15) is 5.82 Å². The molecule has 0 saturated heterocycles. The Bertz CT molecular complexity index is 273. The van der Waals surface area contributed by atoms with Crippen LogP contribution < -0.4 is 11.3 Å². The minimum Gasteiger partial charge on any atom is -0.308 e. The summed E-state index contributed by atoms with van der Waals surface area (Å²) in [4.78, 5) is 4.15. The number of nitrogen functional groups attached to an aromatic ring is 1. The standard InChI is InChI=1S/C8H10ClN3/c9-6-2-4-7-3-1-5-8(11-7)12-10/h1-5H,6,10H2,(H,11,12). The number of hydrogen-bond acceptors (Lipinski definition) is 3. The molecule has 1 aromatic heterocycles. The third-order valence-electron chi connectivity index (χ3n) is 1.30. The molecule has 0 aliphatic heterocycles. The molecule has 0 saturated carbocycles. The summed E-state index contributed by atoms with van der Waals surface area (Å²) in [6.07, 6.45) is 3.66. The van der Waals surface area contributed by atoms with E-state index in [2.05, 4.69) is 10.4 Å². The Morgan fingerprint density at radius 1 is 1.58 bits per heavy atom. The molecule has 1 heterocycles. The average Bonchev–Trinajstić information content (AvgIpc) is 2.15. The van der Waals surface area contributed by atoms with Gasteiger partial charge in [-0.3, -0.25) is 0 Å². The van der Waals surface area contributed by atoms with Crippen LogP contribution in [0, 0.1) is 0 Å². The minimum atomic E-state index is 0.488. The van der Waals surface area contributed by atoms with Crippen LogP contribution in [0.1, 0.15) is 5.69 Å². The van der Waals surface area contributed by atoms with E-state index in [4.69, 9.17) is 17.4 Å². The lowest BCUT2D eigenvalue weighted by Crippen LogP contribution is -2.08. The third-order valence-corrected chi connectivity index (χ3v) is 1.47. The van der Waals surface area contributed by atoms with Crippen molar-refractivity contribution < 1.29 is 0 Å². The van der Waals surface area contributed by atoms with E-state index in [1.807, 2.05) is 24.3 Å². The van der Waals surface area contributed by atoms with Gasteiger partial charge in [-0.2, -0.15) is 0 Å². The van der Waals surface area contributed by atoms with Gasteiger partial charge in [-0.25, -0.2) is 10.8 Å². The molecule has 3 N–H and O–H groups in total. The highest BCUT2D eigenvalue weighted by Crippen LogP contribution is 2.04. The molecule has 0 spiro atoms. The fraction of sp³-hybridized carbons (Fsp3) is 0.125. The van der Waals surface area contributed by atoms with Crippen molar-refractivity contribution in [2.24, 2.45) is 5.84 Å². The third kappa shape index (κ3) is 2.53. The molecule has 0 fully saturated rings. The summed E-state index contributed by atoms with van der Waals surface area (Å²) in [5.41, 5.74) is 3.30. The first-order chi connectivity index (χ1) is 5.86. The molecule has 1 rings (SSSR count). The van der Waals surface area contributed by atoms with E-state index < -0.39 is 0 Å². The molecule has 12 heavy (non-hydrogen) atoms. The number of pyridine rings is 1. The first kappa shape index (κ1) is 9.03. The monoisotopic (exact) mass is 183 g/mol. The van der Waals surface area contributed by atoms with Crippen molar-refractivity contribution in [3.63, 3.8) is 0 Å². The maximum absolute atomic E-state index is 5.47. The second-order valence-corrected chi connectivity index (χ2v) is 2.46. The molecular formula is C8H10ClN3. The van der Waals surface area contributed by atoms with Crippen LogP contribution in [0.3, 0.4) is 0 Å². The highest BCUT2D eigenvalue weighted by Gasteiger charge is 1.90. The van der Waals surface area contributed by atoms with Gasteiger partial charge in [0.15, 0.2) is 0 Å². The van der Waals surface area contributed by atoms with Crippen LogP contribution in [-0.4, -0.2) is 10.9 Å². The van der Waals surface area contributed by atoms with E-state index in [1.54, 1.807) is 6.07 Å². The number of halogens is 1. The van der Waals surface area contributed by atoms with Crippen LogP contribution >= 0.6 is 11.6 Å². The van der Waals surface area contributed by atoms with Crippen molar-refractivity contribution in [1.29, 1.82) is 0 Å². The van der Waals surface area contributed by atoms with Gasteiger partial charge in [-0.05, 0) is 18.2 Å². The maximum atomic E-state index is 5.47. The zero-order valence-electron chi connectivity index (χ0n) is 6.50. The summed E-state index contributed by atoms with van der Waals surface area (Å²) in [5, 5.41) is 0. The Balaban J connectivity index is 2.79. The molecule has 0 aliphatic rings. The van der Waals surface area contributed by atoms with Crippen molar-refractivity contribution >= 4 is 23.5 Å². The highest BCUT2D eigenvalue weighted by atomic mass is 35.5. The smallest absolute Gasteiger partial charge is 0.140 e. The number of hydrogen-bond donors (Lipinski definition) is 2. The molecule has 0 radical (unpaired) electrons. The summed E-state index contributed by atoms with van der Waals surface area (Å²) < 4.78 is 0. The van der Waals surface area contributed by atoms with Gasteiger partial charge in [-0.15, -0.1) is 11.6 Å². The summed E-state index contributed by atoms with van der Waals surface area (Å²) in [6.45, 7) is 0. The van der Waals surface area contributed by atoms with Crippen LogP contribution in [0.25, 0.3) is 6.08 Å². The van der Waals surface area contributed by atoms with Crippen molar-refractivity contribution in [3.8, 4) is 0 Å². The Labute approximate surface area is 76.2 Å². The lowest BCUT2D eigenvalue weighted by molar-refractivity contribution is 1.21. The molecule has 0 aliphatic carbocycles. The predicted octanol–water partition coefficient (Wildman–Crippen LogP) is 1.62. The first-order valence-electron chi connectivity index (χ1n) is 3.53. The molecule has 0 unspecified atom stereocenters. The van der Waals surface area contributed by atoms with Crippen LogP contribution in [0.4, 0.5) is 5.82 Å². The first-order valence-corrected chi connectivity index (χ1v) is 4.06. The Kier molecular flexibility index (Phi) is 3.57. The SMILES string of the molecule is NNc1cccc(C=CCCl)n1. The van der Waals surface area contributed by atoms with E-state index in [9.17, 15) is 0 Å². The van der Waals surface area contributed by atoms with E-state index in [1.165, 1.54) is 0 Å². The van der Waals surface area contributed by atoms with E-state index in [-0.39, 0.29) is 0 Å². The fourth-order valence-corrected chi connectivity index (χ4v) is 0.879. The van der Waals surface area contributed by atoms with Crippen molar-refractivity contribution in [1.82, 2.24) is 4.98 Å². The highest BCUT2D eigenvalue weighted by molar-refractivity contribution is 6.19. The quantitative estimate of drug-likeness (QED) is 0.426. The Morgan fingerprint density at radius 2 is 2.42 bits per heavy atom. The van der Waals surface area contributed by atoms with Gasteiger partial charge in [0.25, 0.3) is 0 Å². The number of nitrogens with zero attached hydrogens (tertiary/aromatic N) is 1. The molecule has 0 bridgehead atoms. The number of rotatable bonds is 3. The topological polar surface area (TPSA) is 50.9 Å². The predicted molar refractivity (Wildman–Crippen MR) is 51.8 cm³/mol. The van der Waals surface area contributed by atoms with Crippen LogP contribution in [0.2, 0.25) is 0 Å². The van der Waals surface area contributed by atoms with Gasteiger partial charge in [0.2, 0.25) is 0 Å². The van der Waals surface area contributed by atoms with E-state index >= 15 is 0 Å². The molecule has 1 aromatic rings. The summed E-state index contributed by atoms with van der Waals surface area (Å²) in [5.74, 6) is 6.32. The minimum absolute atomic E-state index is 0.488. The van der Waals surface area contributed by atoms with Crippen LogP contribution in [0.15, 0.2) is 24.3 Å². The normalized spacial score (nSPS) is 10.5. The van der Waals surface area contributed by atoms with Crippen molar-refractivity contribution in [2.75, 3.05) is 11.3 Å². The number of hydrazine groups is 1. The lowest BCUT2D eigenvalue weighted by atomic mass is 10.3. The van der Waals surface area contributed by atoms with Gasteiger partial charge < -0.3 is 5.43 Å². The summed E-state index contributed by atoms with van der Waals surface area (Å²) >= 11 is 5.47. The molecule has 3 nitrogen and oxygen atoms in total. The number of nitrogens with two attached hydrogens (primary N) is 1. The van der Waals surface area contributed by atoms with E-state index in [0.717, 1.165) is 5.69 Å². The van der Waals surface area contributed by atoms with Gasteiger partial charge in [0, 0.05) is 5.88 Å². The van der Waals surface area contributed by atoms with Gasteiger partial charge >= 0.3 is 0 Å². The number of anilines is 1. The zero-order valence-corrected chi connectivity index (χ0v) is 7.25. The van der Waals surface area contributed by atoms with Crippen LogP contribution in [-0.2, 0) is 0 Å². The number of nitrogens with one attached hydrogen (secondary N) is 1. The summed E-state index contributed by atoms with van der Waals surface area (Å²) in [6, 6.07) is 5.54. The Morgan fingerprint density at radius 3 is 3.08 bits per heavy atom. The van der Waals surface area contributed by atoms with Gasteiger partial charge in [-0.1, -0.05) is 12.1 Å². The number of allylic oxidation sites excluding steroid dienone is 1. The largest absolute Gasteiger partial charge is 0.308 e. The van der Waals surface area contributed by atoms with Crippen LogP contribution in [0.5, 0.6) is 0 Å². The second-order valence-electron chi connectivity index (χ2n) is 2.15. The molecule has 4 heteroatoms. The number of alkyl halides is 1. The summed E-state index contributed by atoms with van der Waals surface area (Å²) in [7, 11) is 0. The average molecular weight is 184 g/mol. The second kappa shape index (κ2) is 4.74. The molecule has 0 aromatic carbocycles. The molecule has 0 atom stereocenters. The number of aromatic nitrogens is 1. The van der Waals surface area contributed by atoms with Crippen molar-refractivity contribution in [2.45, 2.75) is 0 Å². The maximum Gasteiger partial charge on any atom is 0.140 e. The molecular weight excluding hydrogens is 174 g/mol. The fourth-order valence-electron chi connectivity index (χ4n) is 0.790. The Hall–Kier alpha value is -1.06. The molecule has 0 amide bonds. The van der Waals surface area contributed by atoms with E-state index in [0.29, 0.717) is 11.7 Å². The van der Waals surface area contributed by atoms with Gasteiger partial charge in [0.05, 0.1) is 5.69 Å².